The minimum Gasteiger partial charge on any atom is -0.478 e. The maximum Gasteiger partial charge on any atom is 0.335 e. The third-order valence-electron chi connectivity index (χ3n) is 1.59. The molecule has 1 aromatic rings. The Morgan fingerprint density at radius 2 is 1.64 bits per heavy atom. The van der Waals surface area contributed by atoms with Crippen LogP contribution in [0.25, 0.3) is 0 Å². The summed E-state index contributed by atoms with van der Waals surface area (Å²) in [7, 11) is 0. The van der Waals surface area contributed by atoms with Gasteiger partial charge >= 0.3 is 5.97 Å². The minimum absolute atomic E-state index is 0.115. The van der Waals surface area contributed by atoms with Gasteiger partial charge in [0.1, 0.15) is 0 Å². The van der Waals surface area contributed by atoms with E-state index in [1.165, 1.54) is 24.3 Å². The van der Waals surface area contributed by atoms with Crippen molar-refractivity contribution in [2.24, 2.45) is 5.84 Å². The second kappa shape index (κ2) is 4.12. The van der Waals surface area contributed by atoms with Crippen molar-refractivity contribution >= 4 is 24.7 Å². The van der Waals surface area contributed by atoms with Crippen LogP contribution in [-0.4, -0.2) is 21.4 Å². The monoisotopic (exact) mass is 212 g/mol. The third kappa shape index (κ3) is 2.24. The summed E-state index contributed by atoms with van der Waals surface area (Å²) < 4.78 is 0.635. The van der Waals surface area contributed by atoms with Crippen LogP contribution >= 0.6 is 12.8 Å². The predicted molar refractivity (Wildman–Crippen MR) is 52.7 cm³/mol. The molecule has 14 heavy (non-hydrogen) atoms. The number of benzene rings is 1. The van der Waals surface area contributed by atoms with Crippen LogP contribution in [0.4, 0.5) is 0 Å². The number of carbonyl (C=O) groups is 2. The standard InChI is InChI=1S/C8H8N2O3S/c9-10(14)7(11)5-1-3-6(4-2-5)8(12)13/h1-4,14H,9H2,(H,12,13). The van der Waals surface area contributed by atoms with E-state index in [0.717, 1.165) is 0 Å². The van der Waals surface area contributed by atoms with Crippen LogP contribution in [0, 0.1) is 0 Å². The van der Waals surface area contributed by atoms with Crippen LogP contribution in [0.3, 0.4) is 0 Å². The number of thiol groups is 1. The van der Waals surface area contributed by atoms with Crippen molar-refractivity contribution in [3.8, 4) is 0 Å². The lowest BCUT2D eigenvalue weighted by atomic mass is 10.1. The van der Waals surface area contributed by atoms with Crippen molar-refractivity contribution in [2.45, 2.75) is 0 Å². The van der Waals surface area contributed by atoms with Gasteiger partial charge in [0.05, 0.1) is 5.56 Å². The van der Waals surface area contributed by atoms with Crippen LogP contribution < -0.4 is 5.84 Å². The Morgan fingerprint density at radius 3 is 2.00 bits per heavy atom. The number of aromatic carboxylic acids is 1. The summed E-state index contributed by atoms with van der Waals surface area (Å²) in [4.78, 5) is 21.7. The molecule has 0 aliphatic heterocycles. The van der Waals surface area contributed by atoms with Gasteiger partial charge in [0, 0.05) is 5.56 Å². The first-order chi connectivity index (χ1) is 6.52. The van der Waals surface area contributed by atoms with Crippen LogP contribution in [0.1, 0.15) is 20.7 Å². The second-order valence-corrected chi connectivity index (χ2v) is 2.96. The van der Waals surface area contributed by atoms with Gasteiger partial charge < -0.3 is 5.11 Å². The third-order valence-corrected chi connectivity index (χ3v) is 1.77. The summed E-state index contributed by atoms with van der Waals surface area (Å²) in [6.45, 7) is 0. The molecule has 1 aromatic carbocycles. The number of nitrogens with zero attached hydrogens (tertiary/aromatic N) is 1. The Labute approximate surface area is 85.6 Å². The number of amides is 1. The van der Waals surface area contributed by atoms with E-state index in [0.29, 0.717) is 4.41 Å². The van der Waals surface area contributed by atoms with E-state index in [2.05, 4.69) is 12.8 Å². The van der Waals surface area contributed by atoms with E-state index >= 15 is 0 Å². The highest BCUT2D eigenvalue weighted by atomic mass is 32.1. The molecule has 0 saturated heterocycles. The highest BCUT2D eigenvalue weighted by Gasteiger charge is 2.09. The second-order valence-electron chi connectivity index (χ2n) is 2.53. The molecular formula is C8H8N2O3S. The molecule has 0 spiro atoms. The van der Waals surface area contributed by atoms with Gasteiger partial charge in [-0.15, -0.1) is 0 Å². The fraction of sp³-hybridized carbons (Fsp3) is 0. The molecule has 6 heteroatoms. The van der Waals surface area contributed by atoms with E-state index in [1.54, 1.807) is 0 Å². The van der Waals surface area contributed by atoms with E-state index in [9.17, 15) is 9.59 Å². The van der Waals surface area contributed by atoms with E-state index in [-0.39, 0.29) is 11.1 Å². The van der Waals surface area contributed by atoms with Gasteiger partial charge in [-0.2, -0.15) is 0 Å². The summed E-state index contributed by atoms with van der Waals surface area (Å²) in [5.41, 5.74) is 0.400. The molecule has 0 aliphatic carbocycles. The van der Waals surface area contributed by atoms with Crippen LogP contribution in [0.5, 0.6) is 0 Å². The fourth-order valence-electron chi connectivity index (χ4n) is 0.888. The highest BCUT2D eigenvalue weighted by Crippen LogP contribution is 2.06. The highest BCUT2D eigenvalue weighted by molar-refractivity contribution is 7.78. The lowest BCUT2D eigenvalue weighted by Gasteiger charge is -2.07. The first-order valence-corrected chi connectivity index (χ1v) is 4.04. The smallest absolute Gasteiger partial charge is 0.335 e. The van der Waals surface area contributed by atoms with Gasteiger partial charge in [-0.05, 0) is 37.1 Å². The van der Waals surface area contributed by atoms with Gasteiger partial charge in [0.2, 0.25) is 0 Å². The molecule has 1 rings (SSSR count). The quantitative estimate of drug-likeness (QED) is 0.289. The number of carbonyl (C=O) groups excluding carboxylic acids is 1. The largest absolute Gasteiger partial charge is 0.478 e. The van der Waals surface area contributed by atoms with Crippen LogP contribution in [0.2, 0.25) is 0 Å². The summed E-state index contributed by atoms with van der Waals surface area (Å²) in [6.07, 6.45) is 0. The van der Waals surface area contributed by atoms with Crippen molar-refractivity contribution in [3.05, 3.63) is 35.4 Å². The molecule has 0 radical (unpaired) electrons. The molecule has 0 bridgehead atoms. The molecule has 0 saturated carbocycles. The molecule has 1 amide bonds. The Hall–Kier alpha value is -1.53. The number of hydrogen-bond donors (Lipinski definition) is 3. The van der Waals surface area contributed by atoms with Gasteiger partial charge in [-0.1, -0.05) is 0 Å². The van der Waals surface area contributed by atoms with E-state index in [4.69, 9.17) is 10.9 Å². The predicted octanol–water partition coefficient (Wildman–Crippen LogP) is 0.546. The van der Waals surface area contributed by atoms with E-state index in [1.807, 2.05) is 0 Å². The Balaban J connectivity index is 2.94. The zero-order valence-corrected chi connectivity index (χ0v) is 7.94. The first-order valence-electron chi connectivity index (χ1n) is 3.64. The fourth-order valence-corrected chi connectivity index (χ4v) is 1.00. The van der Waals surface area contributed by atoms with Gasteiger partial charge in [0.25, 0.3) is 5.91 Å². The molecule has 0 aromatic heterocycles. The average Bonchev–Trinajstić information content (AvgIpc) is 2.16. The van der Waals surface area contributed by atoms with Crippen LogP contribution in [0.15, 0.2) is 24.3 Å². The van der Waals surface area contributed by atoms with Crippen molar-refractivity contribution in [1.82, 2.24) is 4.41 Å². The number of carboxylic acids is 1. The zero-order valence-electron chi connectivity index (χ0n) is 7.04. The lowest BCUT2D eigenvalue weighted by Crippen LogP contribution is -2.28. The summed E-state index contributed by atoms with van der Waals surface area (Å²) in [5, 5.41) is 8.59. The van der Waals surface area contributed by atoms with E-state index < -0.39 is 11.9 Å². The molecule has 74 valence electrons. The molecule has 3 N–H and O–H groups in total. The molecule has 0 fully saturated rings. The summed E-state index contributed by atoms with van der Waals surface area (Å²) in [5.74, 6) is 3.56. The first kappa shape index (κ1) is 10.6. The van der Waals surface area contributed by atoms with Gasteiger partial charge in [-0.3, -0.25) is 4.79 Å². The zero-order chi connectivity index (χ0) is 10.7. The maximum absolute atomic E-state index is 11.2. The van der Waals surface area contributed by atoms with Gasteiger partial charge in [0.15, 0.2) is 0 Å². The topological polar surface area (TPSA) is 83.6 Å². The molecule has 0 unspecified atom stereocenters. The van der Waals surface area contributed by atoms with Crippen molar-refractivity contribution in [2.75, 3.05) is 0 Å². The number of nitrogens with two attached hydrogens (primary N) is 1. The summed E-state index contributed by atoms with van der Waals surface area (Å²) >= 11 is 3.62. The molecule has 0 aliphatic rings. The van der Waals surface area contributed by atoms with Crippen molar-refractivity contribution in [3.63, 3.8) is 0 Å². The molecular weight excluding hydrogens is 204 g/mol. The number of rotatable bonds is 2. The summed E-state index contributed by atoms with van der Waals surface area (Å²) in [6, 6.07) is 5.41. The Kier molecular flexibility index (Phi) is 3.10. The number of hydrogen-bond acceptors (Lipinski definition) is 4. The normalized spacial score (nSPS) is 9.57. The number of hydrazine groups is 1. The van der Waals surface area contributed by atoms with Crippen LogP contribution in [-0.2, 0) is 0 Å². The lowest BCUT2D eigenvalue weighted by molar-refractivity contribution is 0.0696. The number of carboxylic acid groups (broad SMARTS) is 1. The SMILES string of the molecule is NN(S)C(=O)c1ccc(C(=O)O)cc1. The van der Waals surface area contributed by atoms with Gasteiger partial charge in [-0.25, -0.2) is 15.1 Å². The van der Waals surface area contributed by atoms with Crippen molar-refractivity contribution < 1.29 is 14.7 Å². The molecule has 5 nitrogen and oxygen atoms in total. The van der Waals surface area contributed by atoms with Crippen molar-refractivity contribution in [1.29, 1.82) is 0 Å². The molecule has 0 atom stereocenters. The average molecular weight is 212 g/mol. The molecule has 0 heterocycles. The Morgan fingerprint density at radius 1 is 1.21 bits per heavy atom. The minimum atomic E-state index is -1.04. The maximum atomic E-state index is 11.2. The Bertz CT molecular complexity index is 361.